The molecule has 2 atom stereocenters. The van der Waals surface area contributed by atoms with E-state index >= 15 is 0 Å². The molecule has 2 heterocycles. The zero-order valence-corrected chi connectivity index (χ0v) is 19.5. The van der Waals surface area contributed by atoms with Gasteiger partial charge in [0.1, 0.15) is 6.10 Å². The lowest BCUT2D eigenvalue weighted by Crippen LogP contribution is -2.37. The number of nitrogens with one attached hydrogen (secondary N) is 1. The molecule has 8 heteroatoms. The molecule has 2 aliphatic heterocycles. The van der Waals surface area contributed by atoms with Crippen molar-refractivity contribution in [1.82, 2.24) is 5.32 Å². The number of allylic oxidation sites excluding steroid dienone is 1. The summed E-state index contributed by atoms with van der Waals surface area (Å²) in [6.45, 7) is 1.78. The first-order valence-corrected chi connectivity index (χ1v) is 10.7. The van der Waals surface area contributed by atoms with Crippen LogP contribution in [0.2, 0.25) is 5.02 Å². The number of benzene rings is 2. The molecular formula is C25H24ClNO6. The van der Waals surface area contributed by atoms with Crippen molar-refractivity contribution in [3.63, 3.8) is 0 Å². The molecule has 0 aliphatic carbocycles. The molecule has 1 N–H and O–H groups in total. The number of esters is 2. The van der Waals surface area contributed by atoms with E-state index in [9.17, 15) is 9.59 Å². The van der Waals surface area contributed by atoms with E-state index in [1.807, 2.05) is 12.1 Å². The highest BCUT2D eigenvalue weighted by Gasteiger charge is 2.43. The van der Waals surface area contributed by atoms with Crippen LogP contribution in [0.15, 0.2) is 65.0 Å². The van der Waals surface area contributed by atoms with Gasteiger partial charge < -0.3 is 24.3 Å². The summed E-state index contributed by atoms with van der Waals surface area (Å²) in [7, 11) is 4.42. The lowest BCUT2D eigenvalue weighted by atomic mass is 9.78. The average molecular weight is 470 g/mol. The Bertz CT molecular complexity index is 1190. The predicted molar refractivity (Wildman–Crippen MR) is 122 cm³/mol. The summed E-state index contributed by atoms with van der Waals surface area (Å²) in [6.07, 6.45) is -0.147. The van der Waals surface area contributed by atoms with Crippen LogP contribution in [0.1, 0.15) is 36.5 Å². The third kappa shape index (κ3) is 4.04. The van der Waals surface area contributed by atoms with Crippen LogP contribution in [0.25, 0.3) is 0 Å². The number of hydrogen-bond acceptors (Lipinski definition) is 7. The van der Waals surface area contributed by atoms with Gasteiger partial charge in [-0.1, -0.05) is 35.9 Å². The summed E-state index contributed by atoms with van der Waals surface area (Å²) in [6, 6.07) is 12.5. The molecule has 172 valence electrons. The number of ether oxygens (including phenoxy) is 4. The Morgan fingerprint density at radius 2 is 1.82 bits per heavy atom. The molecule has 0 fully saturated rings. The van der Waals surface area contributed by atoms with Crippen molar-refractivity contribution in [1.29, 1.82) is 0 Å². The van der Waals surface area contributed by atoms with Gasteiger partial charge in [0.25, 0.3) is 0 Å². The first kappa shape index (κ1) is 22.7. The van der Waals surface area contributed by atoms with Gasteiger partial charge in [0.2, 0.25) is 0 Å². The van der Waals surface area contributed by atoms with Crippen molar-refractivity contribution >= 4 is 23.5 Å². The molecule has 7 nitrogen and oxygen atoms in total. The minimum atomic E-state index is -0.707. The second kappa shape index (κ2) is 9.19. The summed E-state index contributed by atoms with van der Waals surface area (Å²) in [5.74, 6) is -0.644. The molecule has 4 rings (SSSR count). The second-order valence-corrected chi connectivity index (χ2v) is 8.12. The molecule has 0 aromatic heterocycles. The number of cyclic esters (lactones) is 1. The lowest BCUT2D eigenvalue weighted by molar-refractivity contribution is -0.146. The molecule has 0 saturated heterocycles. The minimum Gasteiger partial charge on any atom is -0.493 e. The van der Waals surface area contributed by atoms with Crippen molar-refractivity contribution in [3.05, 3.63) is 81.2 Å². The van der Waals surface area contributed by atoms with Crippen molar-refractivity contribution in [3.8, 4) is 11.5 Å². The number of carbonyl (C=O) groups is 2. The second-order valence-electron chi connectivity index (χ2n) is 7.71. The molecule has 33 heavy (non-hydrogen) atoms. The predicted octanol–water partition coefficient (Wildman–Crippen LogP) is 4.43. The molecule has 0 amide bonds. The Kier molecular flexibility index (Phi) is 6.33. The van der Waals surface area contributed by atoms with Crippen LogP contribution in [-0.2, 0) is 19.1 Å². The van der Waals surface area contributed by atoms with E-state index in [-0.39, 0.29) is 0 Å². The van der Waals surface area contributed by atoms with Gasteiger partial charge >= 0.3 is 11.9 Å². The van der Waals surface area contributed by atoms with E-state index in [0.717, 1.165) is 5.56 Å². The third-order valence-corrected chi connectivity index (χ3v) is 6.25. The molecule has 2 aromatic rings. The van der Waals surface area contributed by atoms with Crippen molar-refractivity contribution < 1.29 is 28.5 Å². The van der Waals surface area contributed by atoms with Gasteiger partial charge in [-0.2, -0.15) is 0 Å². The maximum atomic E-state index is 13.4. The number of rotatable bonds is 5. The number of carbonyl (C=O) groups excluding carboxylic acids is 2. The molecule has 0 radical (unpaired) electrons. The number of halogens is 1. The summed E-state index contributed by atoms with van der Waals surface area (Å²) < 4.78 is 21.6. The van der Waals surface area contributed by atoms with Crippen molar-refractivity contribution in [2.24, 2.45) is 0 Å². The fourth-order valence-electron chi connectivity index (χ4n) is 4.36. The van der Waals surface area contributed by atoms with Gasteiger partial charge in [-0.05, 0) is 36.2 Å². The maximum absolute atomic E-state index is 13.4. The fourth-order valence-corrected chi connectivity index (χ4v) is 4.60. The Morgan fingerprint density at radius 1 is 1.09 bits per heavy atom. The SMILES string of the molecule is COC(=O)C1=C(C)NC2=C(C(=O)OC(c3ccc(OC)c(OC)c3)C2)C1c1ccccc1Cl. The smallest absolute Gasteiger partial charge is 0.337 e. The summed E-state index contributed by atoms with van der Waals surface area (Å²) in [5, 5.41) is 3.69. The van der Waals surface area contributed by atoms with Crippen LogP contribution in [0.5, 0.6) is 11.5 Å². The number of hydrogen-bond donors (Lipinski definition) is 1. The minimum absolute atomic E-state index is 0.325. The molecular weight excluding hydrogens is 446 g/mol. The fraction of sp³-hybridized carbons (Fsp3) is 0.280. The van der Waals surface area contributed by atoms with E-state index in [4.69, 9.17) is 30.5 Å². The van der Waals surface area contributed by atoms with Gasteiger partial charge in [0.05, 0.1) is 38.4 Å². The number of methoxy groups -OCH3 is 3. The summed E-state index contributed by atoms with van der Waals surface area (Å²) in [4.78, 5) is 26.1. The monoisotopic (exact) mass is 469 g/mol. The lowest BCUT2D eigenvalue weighted by Gasteiger charge is -2.36. The summed E-state index contributed by atoms with van der Waals surface area (Å²) in [5.41, 5.74) is 3.36. The molecule has 0 bridgehead atoms. The van der Waals surface area contributed by atoms with Gasteiger partial charge in [0.15, 0.2) is 11.5 Å². The Labute approximate surface area is 196 Å². The Hall–Kier alpha value is -3.45. The van der Waals surface area contributed by atoms with E-state index in [2.05, 4.69) is 5.32 Å². The number of dihydropyridines is 1. The Morgan fingerprint density at radius 3 is 2.48 bits per heavy atom. The first-order valence-electron chi connectivity index (χ1n) is 10.4. The summed E-state index contributed by atoms with van der Waals surface area (Å²) >= 11 is 6.49. The van der Waals surface area contributed by atoms with E-state index < -0.39 is 24.0 Å². The van der Waals surface area contributed by atoms with Gasteiger partial charge in [-0.15, -0.1) is 0 Å². The van der Waals surface area contributed by atoms with Crippen LogP contribution < -0.4 is 14.8 Å². The molecule has 2 unspecified atom stereocenters. The molecule has 0 saturated carbocycles. The Balaban J connectivity index is 1.79. The van der Waals surface area contributed by atoms with Gasteiger partial charge in [0, 0.05) is 22.8 Å². The topological polar surface area (TPSA) is 83.1 Å². The molecule has 2 aliphatic rings. The zero-order valence-electron chi connectivity index (χ0n) is 18.7. The maximum Gasteiger partial charge on any atom is 0.337 e. The van der Waals surface area contributed by atoms with Crippen LogP contribution in [0.4, 0.5) is 0 Å². The highest BCUT2D eigenvalue weighted by Crippen LogP contribution is 2.46. The largest absolute Gasteiger partial charge is 0.493 e. The first-order chi connectivity index (χ1) is 15.9. The highest BCUT2D eigenvalue weighted by atomic mass is 35.5. The van der Waals surface area contributed by atoms with E-state index in [0.29, 0.717) is 51.0 Å². The van der Waals surface area contributed by atoms with Crippen molar-refractivity contribution in [2.45, 2.75) is 25.4 Å². The van der Waals surface area contributed by atoms with Crippen LogP contribution in [0.3, 0.4) is 0 Å². The van der Waals surface area contributed by atoms with Gasteiger partial charge in [-0.25, -0.2) is 9.59 Å². The standard InChI is InChI=1S/C25H24ClNO6/c1-13-21(24(28)32-4)22(15-7-5-6-8-16(15)26)23-17(27-13)12-19(33-25(23)29)14-9-10-18(30-2)20(11-14)31-3/h5-11,19,22,27H,12H2,1-4H3. The molecule has 0 spiro atoms. The average Bonchev–Trinajstić information content (AvgIpc) is 2.82. The van der Waals surface area contributed by atoms with Gasteiger partial charge in [-0.3, -0.25) is 0 Å². The molecule has 2 aromatic carbocycles. The van der Waals surface area contributed by atoms with E-state index in [1.165, 1.54) is 7.11 Å². The van der Waals surface area contributed by atoms with Crippen LogP contribution in [0, 0.1) is 0 Å². The normalized spacial score (nSPS) is 20.0. The van der Waals surface area contributed by atoms with E-state index in [1.54, 1.807) is 51.5 Å². The third-order valence-electron chi connectivity index (χ3n) is 5.90. The zero-order chi connectivity index (χ0) is 23.7. The van der Waals surface area contributed by atoms with Crippen molar-refractivity contribution in [2.75, 3.05) is 21.3 Å². The quantitative estimate of drug-likeness (QED) is 0.648. The highest BCUT2D eigenvalue weighted by molar-refractivity contribution is 6.31. The van der Waals surface area contributed by atoms with Crippen LogP contribution >= 0.6 is 11.6 Å². The van der Waals surface area contributed by atoms with Crippen LogP contribution in [-0.4, -0.2) is 33.3 Å².